The normalized spacial score (nSPS) is 11.4. The smallest absolute Gasteiger partial charge is 0.320 e. The molecule has 0 radical (unpaired) electrons. The van der Waals surface area contributed by atoms with Gasteiger partial charge >= 0.3 is 5.97 Å². The van der Waals surface area contributed by atoms with Crippen LogP contribution >= 0.6 is 11.8 Å². The summed E-state index contributed by atoms with van der Waals surface area (Å²) < 4.78 is 12.5. The number of halogens is 1. The van der Waals surface area contributed by atoms with Gasteiger partial charge in [-0.25, -0.2) is 4.39 Å². The van der Waals surface area contributed by atoms with E-state index in [9.17, 15) is 14.3 Å². The van der Waals surface area contributed by atoms with Crippen LogP contribution in [0.4, 0.5) is 4.39 Å². The standard InChI is InChI=1S/C12H15FO2S/c1-3-12(4-2,11(14)15)16-10-8-6-5-7-9(10)13/h5-8H,3-4H2,1-2H3,(H,14,15). The fourth-order valence-electron chi connectivity index (χ4n) is 1.48. The molecule has 0 saturated carbocycles. The molecule has 0 aliphatic carbocycles. The lowest BCUT2D eigenvalue weighted by Crippen LogP contribution is -2.33. The number of aliphatic carboxylic acids is 1. The number of carboxylic acids is 1. The average Bonchev–Trinajstić information content (AvgIpc) is 2.28. The van der Waals surface area contributed by atoms with Crippen LogP contribution in [0.3, 0.4) is 0 Å². The number of hydrogen-bond donors (Lipinski definition) is 1. The highest BCUT2D eigenvalue weighted by Crippen LogP contribution is 2.39. The van der Waals surface area contributed by atoms with Crippen molar-refractivity contribution in [2.45, 2.75) is 36.3 Å². The van der Waals surface area contributed by atoms with Crippen LogP contribution in [0.1, 0.15) is 26.7 Å². The minimum Gasteiger partial charge on any atom is -0.480 e. The van der Waals surface area contributed by atoms with Crippen LogP contribution in [0.25, 0.3) is 0 Å². The number of carboxylic acid groups (broad SMARTS) is 1. The first-order valence-electron chi connectivity index (χ1n) is 5.22. The fraction of sp³-hybridized carbons (Fsp3) is 0.417. The first kappa shape index (κ1) is 13.0. The molecule has 0 amide bonds. The highest BCUT2D eigenvalue weighted by molar-refractivity contribution is 8.01. The SMILES string of the molecule is CCC(CC)(Sc1ccccc1F)C(=O)O. The predicted octanol–water partition coefficient (Wildman–Crippen LogP) is 3.56. The minimum absolute atomic E-state index is 0.361. The van der Waals surface area contributed by atoms with Gasteiger partial charge in [-0.15, -0.1) is 11.8 Å². The van der Waals surface area contributed by atoms with Gasteiger partial charge in [-0.2, -0.15) is 0 Å². The summed E-state index contributed by atoms with van der Waals surface area (Å²) in [6.45, 7) is 3.62. The van der Waals surface area contributed by atoms with Gasteiger partial charge in [-0.05, 0) is 25.0 Å². The third kappa shape index (κ3) is 2.55. The zero-order valence-corrected chi connectivity index (χ0v) is 10.2. The molecule has 4 heteroatoms. The third-order valence-corrected chi connectivity index (χ3v) is 4.37. The van der Waals surface area contributed by atoms with Crippen LogP contribution in [0.5, 0.6) is 0 Å². The molecule has 1 rings (SSSR count). The van der Waals surface area contributed by atoms with Gasteiger partial charge in [0.1, 0.15) is 10.6 Å². The van der Waals surface area contributed by atoms with Crippen molar-refractivity contribution in [3.05, 3.63) is 30.1 Å². The number of carbonyl (C=O) groups is 1. The van der Waals surface area contributed by atoms with Gasteiger partial charge in [0.05, 0.1) is 0 Å². The molecule has 0 fully saturated rings. The summed E-state index contributed by atoms with van der Waals surface area (Å²) in [4.78, 5) is 11.7. The molecule has 0 aliphatic rings. The number of thioether (sulfide) groups is 1. The zero-order chi connectivity index (χ0) is 12.2. The lowest BCUT2D eigenvalue weighted by molar-refractivity contribution is -0.140. The molecule has 0 bridgehead atoms. The lowest BCUT2D eigenvalue weighted by Gasteiger charge is -2.26. The van der Waals surface area contributed by atoms with E-state index in [1.807, 2.05) is 13.8 Å². The van der Waals surface area contributed by atoms with Crippen LogP contribution < -0.4 is 0 Å². The van der Waals surface area contributed by atoms with Gasteiger partial charge in [0.2, 0.25) is 0 Å². The second-order valence-electron chi connectivity index (χ2n) is 3.54. The Morgan fingerprint density at radius 1 is 1.38 bits per heavy atom. The van der Waals surface area contributed by atoms with E-state index >= 15 is 0 Å². The Labute approximate surface area is 98.9 Å². The molecule has 88 valence electrons. The summed E-state index contributed by atoms with van der Waals surface area (Å²) in [5, 5.41) is 9.23. The van der Waals surface area contributed by atoms with Crippen molar-refractivity contribution in [2.75, 3.05) is 0 Å². The third-order valence-electron chi connectivity index (χ3n) is 2.67. The van der Waals surface area contributed by atoms with Crippen molar-refractivity contribution in [1.29, 1.82) is 0 Å². The van der Waals surface area contributed by atoms with Gasteiger partial charge in [-0.1, -0.05) is 26.0 Å². The van der Waals surface area contributed by atoms with Crippen molar-refractivity contribution < 1.29 is 14.3 Å². The zero-order valence-electron chi connectivity index (χ0n) is 9.37. The monoisotopic (exact) mass is 242 g/mol. The van der Waals surface area contributed by atoms with Gasteiger partial charge < -0.3 is 5.11 Å². The molecule has 16 heavy (non-hydrogen) atoms. The summed E-state index contributed by atoms with van der Waals surface area (Å²) in [7, 11) is 0. The molecule has 0 heterocycles. The maximum absolute atomic E-state index is 13.4. The Balaban J connectivity index is 3.01. The molecular weight excluding hydrogens is 227 g/mol. The van der Waals surface area contributed by atoms with Crippen LogP contribution in [0.2, 0.25) is 0 Å². The van der Waals surface area contributed by atoms with E-state index in [2.05, 4.69) is 0 Å². The van der Waals surface area contributed by atoms with Gasteiger partial charge in [-0.3, -0.25) is 4.79 Å². The molecular formula is C12H15FO2S. The van der Waals surface area contributed by atoms with Crippen molar-refractivity contribution in [3.63, 3.8) is 0 Å². The summed E-state index contributed by atoms with van der Waals surface area (Å²) in [6, 6.07) is 6.27. The first-order chi connectivity index (χ1) is 7.55. The Morgan fingerprint density at radius 3 is 2.38 bits per heavy atom. The van der Waals surface area contributed by atoms with E-state index in [4.69, 9.17) is 0 Å². The molecule has 1 aromatic carbocycles. The molecule has 0 atom stereocenters. The Hall–Kier alpha value is -1.03. The molecule has 0 saturated heterocycles. The van der Waals surface area contributed by atoms with Crippen LogP contribution in [-0.4, -0.2) is 15.8 Å². The van der Waals surface area contributed by atoms with E-state index in [0.29, 0.717) is 17.7 Å². The summed E-state index contributed by atoms with van der Waals surface area (Å²) in [5.41, 5.74) is 0. The minimum atomic E-state index is -0.928. The largest absolute Gasteiger partial charge is 0.480 e. The highest BCUT2D eigenvalue weighted by atomic mass is 32.2. The second-order valence-corrected chi connectivity index (χ2v) is 4.96. The Bertz CT molecular complexity index is 375. The van der Waals surface area contributed by atoms with E-state index in [1.165, 1.54) is 6.07 Å². The summed E-state index contributed by atoms with van der Waals surface area (Å²) >= 11 is 1.10. The molecule has 0 unspecified atom stereocenters. The molecule has 2 nitrogen and oxygen atoms in total. The van der Waals surface area contributed by atoms with Crippen molar-refractivity contribution >= 4 is 17.7 Å². The summed E-state index contributed by atoms with van der Waals surface area (Å²) in [5.74, 6) is -1.24. The molecule has 1 aromatic rings. The van der Waals surface area contributed by atoms with Crippen LogP contribution in [0.15, 0.2) is 29.2 Å². The van der Waals surface area contributed by atoms with Crippen molar-refractivity contribution in [3.8, 4) is 0 Å². The van der Waals surface area contributed by atoms with E-state index < -0.39 is 10.7 Å². The van der Waals surface area contributed by atoms with E-state index in [1.54, 1.807) is 18.2 Å². The molecule has 1 N–H and O–H groups in total. The van der Waals surface area contributed by atoms with E-state index in [-0.39, 0.29) is 5.82 Å². The number of rotatable bonds is 5. The van der Waals surface area contributed by atoms with Crippen molar-refractivity contribution in [1.82, 2.24) is 0 Å². The predicted molar refractivity (Wildman–Crippen MR) is 63.2 cm³/mol. The van der Waals surface area contributed by atoms with Gasteiger partial charge in [0, 0.05) is 4.90 Å². The molecule has 0 spiro atoms. The Kier molecular flexibility index (Phi) is 4.35. The maximum Gasteiger partial charge on any atom is 0.320 e. The van der Waals surface area contributed by atoms with E-state index in [0.717, 1.165) is 11.8 Å². The average molecular weight is 242 g/mol. The Morgan fingerprint density at radius 2 is 1.94 bits per heavy atom. The van der Waals surface area contributed by atoms with Crippen LogP contribution in [0, 0.1) is 5.82 Å². The van der Waals surface area contributed by atoms with Crippen molar-refractivity contribution in [2.24, 2.45) is 0 Å². The summed E-state index contributed by atoms with van der Waals surface area (Å²) in [6.07, 6.45) is 0.940. The second kappa shape index (κ2) is 5.34. The fourth-order valence-corrected chi connectivity index (χ4v) is 2.59. The number of benzene rings is 1. The maximum atomic E-state index is 13.4. The number of hydrogen-bond acceptors (Lipinski definition) is 2. The molecule has 0 aromatic heterocycles. The highest BCUT2D eigenvalue weighted by Gasteiger charge is 2.36. The first-order valence-corrected chi connectivity index (χ1v) is 6.04. The lowest BCUT2D eigenvalue weighted by atomic mass is 10.0. The topological polar surface area (TPSA) is 37.3 Å². The van der Waals surface area contributed by atoms with Gasteiger partial charge in [0.15, 0.2) is 0 Å². The quantitative estimate of drug-likeness (QED) is 0.802. The van der Waals surface area contributed by atoms with Gasteiger partial charge in [0.25, 0.3) is 0 Å². The molecule has 0 aliphatic heterocycles. The van der Waals surface area contributed by atoms with Crippen LogP contribution in [-0.2, 0) is 4.79 Å².